The van der Waals surface area contributed by atoms with E-state index >= 15 is 0 Å². The largest absolute Gasteiger partial charge is 0.469 e. The smallest absolute Gasteiger partial charge is 0.310 e. The minimum atomic E-state index is -0.223. The molecule has 1 fully saturated rings. The summed E-state index contributed by atoms with van der Waals surface area (Å²) in [7, 11) is 1.43. The summed E-state index contributed by atoms with van der Waals surface area (Å²) in [5.74, 6) is -0.223. The van der Waals surface area contributed by atoms with Gasteiger partial charge in [0, 0.05) is 29.4 Å². The molecule has 168 valence electrons. The van der Waals surface area contributed by atoms with E-state index in [0.717, 1.165) is 63.3 Å². The number of anilines is 1. The van der Waals surface area contributed by atoms with Crippen LogP contribution in [0.25, 0.3) is 10.6 Å². The van der Waals surface area contributed by atoms with E-state index in [4.69, 9.17) is 26.1 Å². The van der Waals surface area contributed by atoms with E-state index in [-0.39, 0.29) is 18.5 Å². The minimum absolute atomic E-state index is 0.135. The Bertz CT molecular complexity index is 1070. The van der Waals surface area contributed by atoms with E-state index < -0.39 is 0 Å². The molecule has 0 amide bonds. The van der Waals surface area contributed by atoms with Crippen LogP contribution in [-0.2, 0) is 27.3 Å². The topological polar surface area (TPSA) is 51.7 Å². The molecular formula is C25H27ClN2O3S. The van der Waals surface area contributed by atoms with E-state index in [1.807, 2.05) is 49.4 Å². The summed E-state index contributed by atoms with van der Waals surface area (Å²) in [5.41, 5.74) is 4.16. The van der Waals surface area contributed by atoms with Crippen LogP contribution in [0.4, 0.5) is 5.69 Å². The van der Waals surface area contributed by atoms with Gasteiger partial charge in [0.15, 0.2) is 0 Å². The molecule has 0 bridgehead atoms. The zero-order chi connectivity index (χ0) is 22.5. The van der Waals surface area contributed by atoms with Crippen molar-refractivity contribution in [2.24, 2.45) is 0 Å². The summed E-state index contributed by atoms with van der Waals surface area (Å²) in [6.07, 6.45) is 2.49. The van der Waals surface area contributed by atoms with Crippen molar-refractivity contribution in [2.75, 3.05) is 25.1 Å². The van der Waals surface area contributed by atoms with Crippen LogP contribution in [0.1, 0.15) is 29.0 Å². The molecule has 1 atom stereocenters. The first-order valence-electron chi connectivity index (χ1n) is 10.8. The van der Waals surface area contributed by atoms with E-state index in [1.165, 1.54) is 7.11 Å². The van der Waals surface area contributed by atoms with Crippen LogP contribution in [0.15, 0.2) is 48.5 Å². The molecule has 1 aromatic heterocycles. The molecule has 0 aliphatic carbocycles. The van der Waals surface area contributed by atoms with Crippen LogP contribution in [0.2, 0.25) is 5.02 Å². The van der Waals surface area contributed by atoms with Crippen molar-refractivity contribution in [3.63, 3.8) is 0 Å². The van der Waals surface area contributed by atoms with Crippen LogP contribution < -0.4 is 4.90 Å². The Hall–Kier alpha value is -2.41. The standard InChI is InChI=1S/C25H27ClN2O3S/c1-17-23(32-25(27-17)18-9-11-20(26)12-10-18)16-31-21-7-5-13-28(15-21)22-8-4-3-6-19(22)14-24(29)30-2/h3-4,6,8-12,21H,5,7,13-16H2,1-2H3. The lowest BCUT2D eigenvalue weighted by molar-refractivity contribution is -0.139. The van der Waals surface area contributed by atoms with Crippen LogP contribution in [0, 0.1) is 6.92 Å². The highest BCUT2D eigenvalue weighted by Crippen LogP contribution is 2.31. The summed E-state index contributed by atoms with van der Waals surface area (Å²) in [6.45, 7) is 4.35. The molecule has 3 aromatic rings. The zero-order valence-corrected chi connectivity index (χ0v) is 19.9. The van der Waals surface area contributed by atoms with Crippen molar-refractivity contribution in [3.8, 4) is 10.6 Å². The molecule has 0 spiro atoms. The van der Waals surface area contributed by atoms with Gasteiger partial charge in [0.1, 0.15) is 5.01 Å². The number of piperidine rings is 1. The van der Waals surface area contributed by atoms with Gasteiger partial charge in [0.25, 0.3) is 0 Å². The van der Waals surface area contributed by atoms with Gasteiger partial charge in [-0.2, -0.15) is 0 Å². The third kappa shape index (κ3) is 5.49. The van der Waals surface area contributed by atoms with Crippen molar-refractivity contribution in [1.82, 2.24) is 4.98 Å². The van der Waals surface area contributed by atoms with Crippen LogP contribution >= 0.6 is 22.9 Å². The maximum Gasteiger partial charge on any atom is 0.310 e. The lowest BCUT2D eigenvalue weighted by atomic mass is 10.0. The number of aryl methyl sites for hydroxylation is 1. The van der Waals surface area contributed by atoms with E-state index in [0.29, 0.717) is 6.61 Å². The number of rotatable bonds is 7. The van der Waals surface area contributed by atoms with Crippen molar-refractivity contribution in [2.45, 2.75) is 38.9 Å². The van der Waals surface area contributed by atoms with E-state index in [2.05, 4.69) is 11.0 Å². The van der Waals surface area contributed by atoms with Gasteiger partial charge in [-0.1, -0.05) is 41.9 Å². The Morgan fingerprint density at radius 1 is 1.22 bits per heavy atom. The predicted octanol–water partition coefficient (Wildman–Crippen LogP) is 5.67. The predicted molar refractivity (Wildman–Crippen MR) is 129 cm³/mol. The molecule has 32 heavy (non-hydrogen) atoms. The van der Waals surface area contributed by atoms with Crippen LogP contribution in [0.5, 0.6) is 0 Å². The maximum absolute atomic E-state index is 11.8. The first-order valence-corrected chi connectivity index (χ1v) is 12.0. The Kier molecular flexibility index (Phi) is 7.45. The molecule has 0 N–H and O–H groups in total. The summed E-state index contributed by atoms with van der Waals surface area (Å²) >= 11 is 7.68. The molecule has 2 aromatic carbocycles. The summed E-state index contributed by atoms with van der Waals surface area (Å²) < 4.78 is 11.2. The quantitative estimate of drug-likeness (QED) is 0.416. The van der Waals surface area contributed by atoms with Gasteiger partial charge in [-0.25, -0.2) is 4.98 Å². The highest BCUT2D eigenvalue weighted by molar-refractivity contribution is 7.15. The molecule has 4 rings (SSSR count). The second-order valence-corrected chi connectivity index (χ2v) is 9.46. The lowest BCUT2D eigenvalue weighted by Crippen LogP contribution is -2.40. The summed E-state index contributed by atoms with van der Waals surface area (Å²) in [4.78, 5) is 20.0. The number of nitrogens with zero attached hydrogens (tertiary/aromatic N) is 2. The highest BCUT2D eigenvalue weighted by Gasteiger charge is 2.23. The first kappa shape index (κ1) is 22.8. The van der Waals surface area contributed by atoms with Crippen LogP contribution in [0.3, 0.4) is 0 Å². The van der Waals surface area contributed by atoms with Crippen molar-refractivity contribution in [3.05, 3.63) is 69.7 Å². The molecule has 1 saturated heterocycles. The number of thiazole rings is 1. The van der Waals surface area contributed by atoms with Crippen molar-refractivity contribution in [1.29, 1.82) is 0 Å². The number of esters is 1. The van der Waals surface area contributed by atoms with Gasteiger partial charge in [-0.15, -0.1) is 11.3 Å². The molecular weight excluding hydrogens is 444 g/mol. The molecule has 1 aliphatic rings. The van der Waals surface area contributed by atoms with Gasteiger partial charge < -0.3 is 14.4 Å². The molecule has 2 heterocycles. The molecule has 5 nitrogen and oxygen atoms in total. The van der Waals surface area contributed by atoms with Gasteiger partial charge in [-0.05, 0) is 43.5 Å². The monoisotopic (exact) mass is 470 g/mol. The number of hydrogen-bond acceptors (Lipinski definition) is 6. The van der Waals surface area contributed by atoms with Crippen LogP contribution in [-0.4, -0.2) is 37.3 Å². The van der Waals surface area contributed by atoms with Gasteiger partial charge in [0.05, 0.1) is 36.8 Å². The molecule has 1 aliphatic heterocycles. The Morgan fingerprint density at radius 3 is 2.78 bits per heavy atom. The van der Waals surface area contributed by atoms with Crippen molar-refractivity contribution < 1.29 is 14.3 Å². The number of carbonyl (C=O) groups is 1. The molecule has 0 radical (unpaired) electrons. The highest BCUT2D eigenvalue weighted by atomic mass is 35.5. The Balaban J connectivity index is 1.40. The van der Waals surface area contributed by atoms with Gasteiger partial charge in [-0.3, -0.25) is 4.79 Å². The zero-order valence-electron chi connectivity index (χ0n) is 18.3. The number of methoxy groups -OCH3 is 1. The SMILES string of the molecule is COC(=O)Cc1ccccc1N1CCCC(OCc2sc(-c3ccc(Cl)cc3)nc2C)C1. The fourth-order valence-electron chi connectivity index (χ4n) is 3.96. The number of para-hydroxylation sites is 1. The van der Waals surface area contributed by atoms with Gasteiger partial charge in [0.2, 0.25) is 0 Å². The first-order chi connectivity index (χ1) is 15.5. The summed E-state index contributed by atoms with van der Waals surface area (Å²) in [6, 6.07) is 15.8. The van der Waals surface area contributed by atoms with Gasteiger partial charge >= 0.3 is 5.97 Å². The Morgan fingerprint density at radius 2 is 2.00 bits per heavy atom. The number of carbonyl (C=O) groups excluding carboxylic acids is 1. The number of hydrogen-bond donors (Lipinski definition) is 0. The third-order valence-corrected chi connectivity index (χ3v) is 7.14. The second-order valence-electron chi connectivity index (χ2n) is 7.94. The second kappa shape index (κ2) is 10.5. The number of benzene rings is 2. The number of halogens is 1. The normalized spacial score (nSPS) is 16.2. The minimum Gasteiger partial charge on any atom is -0.469 e. The third-order valence-electron chi connectivity index (χ3n) is 5.71. The van der Waals surface area contributed by atoms with E-state index in [9.17, 15) is 4.79 Å². The van der Waals surface area contributed by atoms with E-state index in [1.54, 1.807) is 11.3 Å². The molecule has 7 heteroatoms. The lowest BCUT2D eigenvalue weighted by Gasteiger charge is -2.35. The molecule has 0 saturated carbocycles. The maximum atomic E-state index is 11.8. The molecule has 1 unspecified atom stereocenters. The number of aromatic nitrogens is 1. The fourth-order valence-corrected chi connectivity index (χ4v) is 5.08. The fraction of sp³-hybridized carbons (Fsp3) is 0.360. The average molecular weight is 471 g/mol. The average Bonchev–Trinajstić information content (AvgIpc) is 3.19. The summed E-state index contributed by atoms with van der Waals surface area (Å²) in [5, 5.41) is 1.71. The van der Waals surface area contributed by atoms with Crippen molar-refractivity contribution >= 4 is 34.6 Å². The number of ether oxygens (including phenoxy) is 2. The Labute approximate surface area is 198 Å².